The fourth-order valence-corrected chi connectivity index (χ4v) is 3.58. The van der Waals surface area contributed by atoms with Crippen LogP contribution < -0.4 is 4.74 Å². The van der Waals surface area contributed by atoms with E-state index in [1.54, 1.807) is 24.0 Å². The Bertz CT molecular complexity index is 577. The van der Waals surface area contributed by atoms with Crippen LogP contribution in [0.4, 0.5) is 0 Å². The van der Waals surface area contributed by atoms with Crippen molar-refractivity contribution in [1.82, 2.24) is 4.90 Å². The molecule has 0 spiro atoms. The van der Waals surface area contributed by atoms with Gasteiger partial charge >= 0.3 is 0 Å². The van der Waals surface area contributed by atoms with Crippen molar-refractivity contribution in [3.8, 4) is 5.75 Å². The Kier molecular flexibility index (Phi) is 4.88. The second-order valence-corrected chi connectivity index (χ2v) is 7.75. The first kappa shape index (κ1) is 15.8. The Morgan fingerprint density at radius 2 is 1.81 bits per heavy atom. The van der Waals surface area contributed by atoms with Gasteiger partial charge in [-0.15, -0.1) is 0 Å². The highest BCUT2D eigenvalue weighted by molar-refractivity contribution is 7.91. The number of nitrogens with zero attached hydrogens (tertiary/aromatic N) is 1. The minimum atomic E-state index is -3.01. The van der Waals surface area contributed by atoms with Gasteiger partial charge in [0.15, 0.2) is 6.10 Å². The molecule has 0 unspecified atom stereocenters. The molecule has 0 radical (unpaired) electrons. The summed E-state index contributed by atoms with van der Waals surface area (Å²) in [6.07, 6.45) is 1.70. The fourth-order valence-electron chi connectivity index (χ4n) is 2.52. The highest BCUT2D eigenvalue weighted by Gasteiger charge is 2.30. The molecule has 21 heavy (non-hydrogen) atoms. The molecule has 2 rings (SSSR count). The van der Waals surface area contributed by atoms with Gasteiger partial charge in [0.05, 0.1) is 5.25 Å². The first-order valence-corrected chi connectivity index (χ1v) is 9.03. The summed E-state index contributed by atoms with van der Waals surface area (Å²) in [5, 5.41) is -0.327. The van der Waals surface area contributed by atoms with E-state index in [0.717, 1.165) is 0 Å². The molecule has 5 nitrogen and oxygen atoms in total. The van der Waals surface area contributed by atoms with E-state index in [9.17, 15) is 13.2 Å². The standard InChI is InChI=1S/C15H21NO4S/c1-12(20-13-6-4-3-5-7-13)15(17)16-10-8-14(9-11-16)21(2,18)19/h3-7,12,14H,8-11H2,1-2H3/t12-/m0/s1. The van der Waals surface area contributed by atoms with Crippen molar-refractivity contribution in [2.24, 2.45) is 0 Å². The van der Waals surface area contributed by atoms with Gasteiger partial charge in [-0.25, -0.2) is 8.42 Å². The zero-order valence-corrected chi connectivity index (χ0v) is 13.2. The first-order chi connectivity index (χ1) is 9.88. The summed E-state index contributed by atoms with van der Waals surface area (Å²) in [7, 11) is -3.01. The Morgan fingerprint density at radius 3 is 2.33 bits per heavy atom. The third kappa shape index (κ3) is 4.20. The van der Waals surface area contributed by atoms with E-state index >= 15 is 0 Å². The average Bonchev–Trinajstić information content (AvgIpc) is 2.46. The fraction of sp³-hybridized carbons (Fsp3) is 0.533. The Balaban J connectivity index is 1.90. The van der Waals surface area contributed by atoms with Gasteiger partial charge in [0.1, 0.15) is 15.6 Å². The van der Waals surface area contributed by atoms with Crippen molar-refractivity contribution in [1.29, 1.82) is 0 Å². The van der Waals surface area contributed by atoms with E-state index < -0.39 is 15.9 Å². The Labute approximate surface area is 125 Å². The highest BCUT2D eigenvalue weighted by Crippen LogP contribution is 2.19. The molecule has 1 heterocycles. The number of carbonyl (C=O) groups excluding carboxylic acids is 1. The van der Waals surface area contributed by atoms with Gasteiger partial charge in [-0.2, -0.15) is 0 Å². The Hall–Kier alpha value is -1.56. The molecule has 1 aromatic carbocycles. The number of amides is 1. The predicted octanol–water partition coefficient (Wildman–Crippen LogP) is 1.49. The van der Waals surface area contributed by atoms with Crippen molar-refractivity contribution in [3.05, 3.63) is 30.3 Å². The van der Waals surface area contributed by atoms with Crippen molar-refractivity contribution >= 4 is 15.7 Å². The summed E-state index contributed by atoms with van der Waals surface area (Å²) in [5.74, 6) is 0.565. The number of para-hydroxylation sites is 1. The van der Waals surface area contributed by atoms with Gasteiger partial charge in [0, 0.05) is 19.3 Å². The van der Waals surface area contributed by atoms with Crippen LogP contribution in [0.25, 0.3) is 0 Å². The van der Waals surface area contributed by atoms with Crippen molar-refractivity contribution < 1.29 is 17.9 Å². The van der Waals surface area contributed by atoms with Crippen LogP contribution in [0.15, 0.2) is 30.3 Å². The van der Waals surface area contributed by atoms with E-state index in [-0.39, 0.29) is 11.2 Å². The maximum absolute atomic E-state index is 12.3. The molecule has 1 aliphatic heterocycles. The first-order valence-electron chi connectivity index (χ1n) is 7.07. The molecule has 0 N–H and O–H groups in total. The van der Waals surface area contributed by atoms with Gasteiger partial charge in [-0.3, -0.25) is 4.79 Å². The number of ether oxygens (including phenoxy) is 1. The molecule has 0 aromatic heterocycles. The molecule has 1 fully saturated rings. The summed E-state index contributed by atoms with van der Waals surface area (Å²) in [5.41, 5.74) is 0. The van der Waals surface area contributed by atoms with Crippen LogP contribution in [0.3, 0.4) is 0 Å². The molecular weight excluding hydrogens is 290 g/mol. The molecule has 0 aliphatic carbocycles. The molecule has 0 saturated carbocycles. The normalized spacial score (nSPS) is 18.3. The van der Waals surface area contributed by atoms with Gasteiger partial charge in [0.25, 0.3) is 5.91 Å². The van der Waals surface area contributed by atoms with E-state index in [2.05, 4.69) is 0 Å². The number of sulfone groups is 1. The Morgan fingerprint density at radius 1 is 1.24 bits per heavy atom. The molecule has 1 amide bonds. The van der Waals surface area contributed by atoms with Gasteiger partial charge in [-0.05, 0) is 31.9 Å². The van der Waals surface area contributed by atoms with Crippen LogP contribution in [0.1, 0.15) is 19.8 Å². The number of hydrogen-bond acceptors (Lipinski definition) is 4. The maximum Gasteiger partial charge on any atom is 0.263 e. The largest absolute Gasteiger partial charge is 0.481 e. The molecule has 116 valence electrons. The third-order valence-corrected chi connectivity index (χ3v) is 5.45. The number of piperidine rings is 1. The van der Waals surface area contributed by atoms with Crippen LogP contribution in [-0.4, -0.2) is 49.9 Å². The predicted molar refractivity (Wildman–Crippen MR) is 81.0 cm³/mol. The number of rotatable bonds is 4. The topological polar surface area (TPSA) is 63.7 Å². The van der Waals surface area contributed by atoms with E-state index in [1.165, 1.54) is 6.26 Å². The van der Waals surface area contributed by atoms with Crippen LogP contribution in [0.2, 0.25) is 0 Å². The maximum atomic E-state index is 12.3. The third-order valence-electron chi connectivity index (χ3n) is 3.76. The molecular formula is C15H21NO4S. The summed E-state index contributed by atoms with van der Waals surface area (Å²) in [6, 6.07) is 9.20. The monoisotopic (exact) mass is 311 g/mol. The van der Waals surface area contributed by atoms with Gasteiger partial charge < -0.3 is 9.64 Å². The molecule has 1 saturated heterocycles. The lowest BCUT2D eigenvalue weighted by molar-refractivity contribution is -0.138. The smallest absolute Gasteiger partial charge is 0.263 e. The van der Waals surface area contributed by atoms with E-state index in [0.29, 0.717) is 31.7 Å². The van der Waals surface area contributed by atoms with Crippen molar-refractivity contribution in [2.45, 2.75) is 31.1 Å². The minimum Gasteiger partial charge on any atom is -0.481 e. The van der Waals surface area contributed by atoms with Crippen LogP contribution in [0, 0.1) is 0 Å². The van der Waals surface area contributed by atoms with E-state index in [1.807, 2.05) is 18.2 Å². The zero-order valence-electron chi connectivity index (χ0n) is 12.4. The molecule has 0 bridgehead atoms. The van der Waals surface area contributed by atoms with E-state index in [4.69, 9.17) is 4.74 Å². The van der Waals surface area contributed by atoms with Crippen LogP contribution >= 0.6 is 0 Å². The zero-order chi connectivity index (χ0) is 15.5. The molecule has 1 atom stereocenters. The number of carbonyl (C=O) groups is 1. The quantitative estimate of drug-likeness (QED) is 0.845. The number of likely N-dealkylation sites (tertiary alicyclic amines) is 1. The highest BCUT2D eigenvalue weighted by atomic mass is 32.2. The lowest BCUT2D eigenvalue weighted by Gasteiger charge is -2.32. The lowest BCUT2D eigenvalue weighted by Crippen LogP contribution is -2.47. The lowest BCUT2D eigenvalue weighted by atomic mass is 10.1. The number of hydrogen-bond donors (Lipinski definition) is 0. The minimum absolute atomic E-state index is 0.0918. The summed E-state index contributed by atoms with van der Waals surface area (Å²) < 4.78 is 28.6. The molecule has 6 heteroatoms. The van der Waals surface area contributed by atoms with Crippen LogP contribution in [0.5, 0.6) is 5.75 Å². The average molecular weight is 311 g/mol. The van der Waals surface area contributed by atoms with Gasteiger partial charge in [-0.1, -0.05) is 18.2 Å². The SMILES string of the molecule is C[C@H](Oc1ccccc1)C(=O)N1CCC(S(C)(=O)=O)CC1. The number of benzene rings is 1. The summed E-state index contributed by atoms with van der Waals surface area (Å²) >= 11 is 0. The second-order valence-electron chi connectivity index (χ2n) is 5.43. The van der Waals surface area contributed by atoms with Gasteiger partial charge in [0.2, 0.25) is 0 Å². The molecule has 1 aliphatic rings. The molecule has 1 aromatic rings. The summed E-state index contributed by atoms with van der Waals surface area (Å²) in [4.78, 5) is 14.0. The van der Waals surface area contributed by atoms with Crippen molar-refractivity contribution in [2.75, 3.05) is 19.3 Å². The van der Waals surface area contributed by atoms with Crippen molar-refractivity contribution in [3.63, 3.8) is 0 Å². The summed E-state index contributed by atoms with van der Waals surface area (Å²) in [6.45, 7) is 2.66. The second kappa shape index (κ2) is 6.47. The van der Waals surface area contributed by atoms with Crippen LogP contribution in [-0.2, 0) is 14.6 Å².